The van der Waals surface area contributed by atoms with Crippen LogP contribution in [0.1, 0.15) is 21.6 Å². The van der Waals surface area contributed by atoms with Crippen molar-refractivity contribution in [2.75, 3.05) is 12.4 Å². The molecule has 9 nitrogen and oxygen atoms in total. The van der Waals surface area contributed by atoms with E-state index in [1.165, 1.54) is 23.1 Å². The van der Waals surface area contributed by atoms with Gasteiger partial charge in [0, 0.05) is 7.05 Å². The number of hydrogen-bond donors (Lipinski definition) is 2. The predicted molar refractivity (Wildman–Crippen MR) is 107 cm³/mol. The molecule has 1 aliphatic heterocycles. The van der Waals surface area contributed by atoms with Gasteiger partial charge < -0.3 is 14.0 Å². The third kappa shape index (κ3) is 4.35. The molecule has 0 aliphatic carbocycles. The van der Waals surface area contributed by atoms with E-state index in [0.29, 0.717) is 34.0 Å². The quantitative estimate of drug-likeness (QED) is 0.470. The second-order valence-electron chi connectivity index (χ2n) is 6.03. The Labute approximate surface area is 174 Å². The number of benzene rings is 1. The van der Waals surface area contributed by atoms with Crippen molar-refractivity contribution in [1.82, 2.24) is 25.6 Å². The molecule has 0 unspecified atom stereocenters. The Morgan fingerprint density at radius 2 is 2.03 bits per heavy atom. The van der Waals surface area contributed by atoms with Gasteiger partial charge in [-0.1, -0.05) is 30.0 Å². The van der Waals surface area contributed by atoms with Gasteiger partial charge >= 0.3 is 0 Å². The number of carbonyl (C=O) groups excluding carboxylic acids is 2. The molecule has 150 valence electrons. The maximum Gasteiger partial charge on any atom is 0.279 e. The molecule has 0 saturated carbocycles. The highest BCUT2D eigenvalue weighted by Gasteiger charge is 2.27. The lowest BCUT2D eigenvalue weighted by Gasteiger charge is -2.25. The summed E-state index contributed by atoms with van der Waals surface area (Å²) >= 11 is 2.50. The highest BCUT2D eigenvalue weighted by Crippen LogP contribution is 2.35. The molecule has 1 aromatic carbocycles. The normalized spacial score (nSPS) is 15.0. The van der Waals surface area contributed by atoms with Crippen LogP contribution in [0.5, 0.6) is 11.5 Å². The average Bonchev–Trinajstić information content (AvgIpc) is 3.40. The third-order valence-corrected chi connectivity index (χ3v) is 5.95. The summed E-state index contributed by atoms with van der Waals surface area (Å²) in [5, 5.41) is 10.7. The monoisotopic (exact) mass is 431 g/mol. The molecular formula is C18H17N5O4S2. The molecule has 2 N–H and O–H groups in total. The van der Waals surface area contributed by atoms with E-state index in [4.69, 9.17) is 9.47 Å². The number of para-hydroxylation sites is 2. The molecule has 0 saturated heterocycles. The number of nitrogens with zero attached hydrogens (tertiary/aromatic N) is 3. The Hall–Kier alpha value is -3.05. The summed E-state index contributed by atoms with van der Waals surface area (Å²) in [6, 6.07) is 10.9. The summed E-state index contributed by atoms with van der Waals surface area (Å²) in [5.74, 6) is 1.32. The van der Waals surface area contributed by atoms with Gasteiger partial charge in [0.25, 0.3) is 5.91 Å². The van der Waals surface area contributed by atoms with Gasteiger partial charge in [0.2, 0.25) is 5.91 Å². The predicted octanol–water partition coefficient (Wildman–Crippen LogP) is 1.94. The van der Waals surface area contributed by atoms with Crippen LogP contribution < -0.4 is 20.3 Å². The second-order valence-corrected chi connectivity index (χ2v) is 7.92. The third-order valence-electron chi connectivity index (χ3n) is 4.06. The summed E-state index contributed by atoms with van der Waals surface area (Å²) in [7, 11) is 1.80. The maximum atomic E-state index is 12.0. The number of nitrogens with one attached hydrogen (secondary N) is 2. The van der Waals surface area contributed by atoms with Gasteiger partial charge in [-0.25, -0.2) is 0 Å². The maximum absolute atomic E-state index is 12.0. The van der Waals surface area contributed by atoms with Gasteiger partial charge in [-0.2, -0.15) is 0 Å². The molecule has 0 bridgehead atoms. The van der Waals surface area contributed by atoms with Crippen LogP contribution in [-0.2, 0) is 11.8 Å². The summed E-state index contributed by atoms with van der Waals surface area (Å²) in [5.41, 5.74) is 4.77. The highest BCUT2D eigenvalue weighted by atomic mass is 32.2. The largest absolute Gasteiger partial charge is 0.485 e. The van der Waals surface area contributed by atoms with Gasteiger partial charge in [-0.15, -0.1) is 21.5 Å². The zero-order valence-corrected chi connectivity index (χ0v) is 17.0. The summed E-state index contributed by atoms with van der Waals surface area (Å²) in [6.07, 6.45) is -0.393. The first-order valence-corrected chi connectivity index (χ1v) is 10.5. The average molecular weight is 431 g/mol. The summed E-state index contributed by atoms with van der Waals surface area (Å²) < 4.78 is 13.4. The summed E-state index contributed by atoms with van der Waals surface area (Å²) in [4.78, 5) is 24.4. The van der Waals surface area contributed by atoms with Crippen LogP contribution in [-0.4, -0.2) is 38.9 Å². The van der Waals surface area contributed by atoms with E-state index < -0.39 is 6.10 Å². The molecule has 0 fully saturated rings. The van der Waals surface area contributed by atoms with E-state index >= 15 is 0 Å². The molecule has 3 heterocycles. The Balaban J connectivity index is 1.31. The standard InChI is InChI=1S/C18H17N5O4S2/c1-23-16(13-9-26-11-5-2-3-6-12(11)27-13)20-22-18(23)29-10-15(24)19-21-17(25)14-7-4-8-28-14/h2-8,13H,9-10H2,1H3,(H,19,24)(H,21,25)/t13-/m0/s1. The minimum Gasteiger partial charge on any atom is -0.485 e. The van der Waals surface area contributed by atoms with Gasteiger partial charge in [0.05, 0.1) is 10.6 Å². The van der Waals surface area contributed by atoms with Crippen molar-refractivity contribution < 1.29 is 19.1 Å². The lowest BCUT2D eigenvalue weighted by molar-refractivity contribution is -0.119. The van der Waals surface area contributed by atoms with Crippen LogP contribution in [0.2, 0.25) is 0 Å². The number of thioether (sulfide) groups is 1. The molecule has 0 spiro atoms. The molecule has 4 rings (SSSR count). The lowest BCUT2D eigenvalue weighted by atomic mass is 10.2. The minimum atomic E-state index is -0.393. The van der Waals surface area contributed by atoms with Gasteiger partial charge in [-0.3, -0.25) is 20.4 Å². The molecule has 3 aromatic rings. The first-order chi connectivity index (χ1) is 14.1. The fraction of sp³-hybridized carbons (Fsp3) is 0.222. The smallest absolute Gasteiger partial charge is 0.279 e. The lowest BCUT2D eigenvalue weighted by Crippen LogP contribution is -2.42. The number of aromatic nitrogens is 3. The van der Waals surface area contributed by atoms with Gasteiger partial charge in [-0.05, 0) is 23.6 Å². The van der Waals surface area contributed by atoms with Crippen LogP contribution in [0.4, 0.5) is 0 Å². The van der Waals surface area contributed by atoms with Crippen molar-refractivity contribution in [2.45, 2.75) is 11.3 Å². The van der Waals surface area contributed by atoms with E-state index in [0.717, 1.165) is 0 Å². The zero-order valence-electron chi connectivity index (χ0n) is 15.3. The zero-order chi connectivity index (χ0) is 20.2. The van der Waals surface area contributed by atoms with Crippen LogP contribution in [0.25, 0.3) is 0 Å². The number of fused-ring (bicyclic) bond motifs is 1. The SMILES string of the molecule is Cn1c(SCC(=O)NNC(=O)c2cccs2)nnc1[C@@H]1COc2ccccc2O1. The second kappa shape index (κ2) is 8.53. The minimum absolute atomic E-state index is 0.0710. The Morgan fingerprint density at radius 3 is 2.83 bits per heavy atom. The number of amides is 2. The molecule has 0 radical (unpaired) electrons. The van der Waals surface area contributed by atoms with E-state index in [2.05, 4.69) is 21.0 Å². The van der Waals surface area contributed by atoms with Crippen LogP contribution in [0.15, 0.2) is 46.9 Å². The number of hydrogen-bond acceptors (Lipinski definition) is 8. The van der Waals surface area contributed by atoms with Crippen LogP contribution in [0.3, 0.4) is 0 Å². The molecule has 2 amide bonds. The molecule has 1 atom stereocenters. The number of rotatable bonds is 5. The number of hydrazine groups is 1. The van der Waals surface area contributed by atoms with E-state index in [1.54, 1.807) is 29.1 Å². The van der Waals surface area contributed by atoms with E-state index in [1.807, 2.05) is 24.3 Å². The Bertz CT molecular complexity index is 1020. The molecular weight excluding hydrogens is 414 g/mol. The van der Waals surface area contributed by atoms with Crippen molar-refractivity contribution in [2.24, 2.45) is 7.05 Å². The molecule has 11 heteroatoms. The Morgan fingerprint density at radius 1 is 1.21 bits per heavy atom. The van der Waals surface area contributed by atoms with Crippen molar-refractivity contribution in [1.29, 1.82) is 0 Å². The first kappa shape index (κ1) is 19.3. The van der Waals surface area contributed by atoms with Crippen molar-refractivity contribution >= 4 is 34.9 Å². The van der Waals surface area contributed by atoms with Crippen LogP contribution >= 0.6 is 23.1 Å². The van der Waals surface area contributed by atoms with E-state index in [-0.39, 0.29) is 17.6 Å². The number of carbonyl (C=O) groups is 2. The molecule has 29 heavy (non-hydrogen) atoms. The van der Waals surface area contributed by atoms with Gasteiger partial charge in [0.15, 0.2) is 28.6 Å². The van der Waals surface area contributed by atoms with Crippen molar-refractivity contribution in [3.63, 3.8) is 0 Å². The molecule has 2 aromatic heterocycles. The number of thiophene rings is 1. The molecule has 1 aliphatic rings. The van der Waals surface area contributed by atoms with Crippen molar-refractivity contribution in [3.05, 3.63) is 52.5 Å². The summed E-state index contributed by atoms with van der Waals surface area (Å²) in [6.45, 7) is 0.322. The topological polar surface area (TPSA) is 107 Å². The Kier molecular flexibility index (Phi) is 5.67. The van der Waals surface area contributed by atoms with Crippen molar-refractivity contribution in [3.8, 4) is 11.5 Å². The number of ether oxygens (including phenoxy) is 2. The highest BCUT2D eigenvalue weighted by molar-refractivity contribution is 7.99. The van der Waals surface area contributed by atoms with E-state index in [9.17, 15) is 9.59 Å². The first-order valence-electron chi connectivity index (χ1n) is 8.65. The van der Waals surface area contributed by atoms with Gasteiger partial charge in [0.1, 0.15) is 6.61 Å². The van der Waals surface area contributed by atoms with Crippen LogP contribution in [0, 0.1) is 0 Å². The fourth-order valence-corrected chi connectivity index (χ4v) is 3.98. The fourth-order valence-electron chi connectivity index (χ4n) is 2.64.